The Labute approximate surface area is 127 Å². The van der Waals surface area contributed by atoms with Crippen LogP contribution in [-0.2, 0) is 22.6 Å². The number of imide groups is 1. The van der Waals surface area contributed by atoms with Gasteiger partial charge in [-0.15, -0.1) is 0 Å². The minimum absolute atomic E-state index is 0.0417. The smallest absolute Gasteiger partial charge is 0.255 e. The monoisotopic (exact) mass is 299 g/mol. The van der Waals surface area contributed by atoms with E-state index < -0.39 is 6.04 Å². The number of amides is 3. The highest BCUT2D eigenvalue weighted by molar-refractivity contribution is 6.05. The fourth-order valence-corrected chi connectivity index (χ4v) is 3.71. The molecule has 3 aliphatic rings. The molecule has 6 heteroatoms. The van der Waals surface area contributed by atoms with Crippen LogP contribution >= 0.6 is 0 Å². The van der Waals surface area contributed by atoms with Crippen molar-refractivity contribution in [1.29, 1.82) is 0 Å². The summed E-state index contributed by atoms with van der Waals surface area (Å²) in [5, 5.41) is 2.31. The van der Waals surface area contributed by atoms with Crippen LogP contribution in [-0.4, -0.2) is 28.7 Å². The highest BCUT2D eigenvalue weighted by Crippen LogP contribution is 2.36. The number of nitrogens with two attached hydrogens (primary N) is 1. The lowest BCUT2D eigenvalue weighted by atomic mass is 10.0. The molecule has 2 unspecified atom stereocenters. The summed E-state index contributed by atoms with van der Waals surface area (Å²) < 4.78 is 0. The van der Waals surface area contributed by atoms with E-state index in [1.54, 1.807) is 4.90 Å². The van der Waals surface area contributed by atoms with Crippen molar-refractivity contribution in [3.8, 4) is 0 Å². The Morgan fingerprint density at radius 1 is 1.09 bits per heavy atom. The number of carbonyl (C=O) groups excluding carboxylic acids is 3. The SMILES string of the molecule is NC1CCc2cc3c(cc21)CN(C1CCC(=O)NC1=O)C3=O. The summed E-state index contributed by atoms with van der Waals surface area (Å²) in [6, 6.07) is 3.44. The molecule has 3 amide bonds. The number of carbonyl (C=O) groups is 3. The first-order chi connectivity index (χ1) is 10.5. The number of hydrogen-bond acceptors (Lipinski definition) is 4. The maximum Gasteiger partial charge on any atom is 0.255 e. The quantitative estimate of drug-likeness (QED) is 0.734. The third-order valence-corrected chi connectivity index (χ3v) is 4.91. The zero-order chi connectivity index (χ0) is 15.4. The van der Waals surface area contributed by atoms with Crippen LogP contribution < -0.4 is 11.1 Å². The van der Waals surface area contributed by atoms with Crippen molar-refractivity contribution in [2.75, 3.05) is 0 Å². The number of rotatable bonds is 1. The minimum atomic E-state index is -0.555. The first-order valence-corrected chi connectivity index (χ1v) is 7.60. The Morgan fingerprint density at radius 2 is 1.91 bits per heavy atom. The molecule has 22 heavy (non-hydrogen) atoms. The lowest BCUT2D eigenvalue weighted by Gasteiger charge is -2.29. The van der Waals surface area contributed by atoms with Gasteiger partial charge in [0, 0.05) is 24.6 Å². The van der Waals surface area contributed by atoms with Crippen molar-refractivity contribution in [3.63, 3.8) is 0 Å². The van der Waals surface area contributed by atoms with Crippen LogP contribution in [0.15, 0.2) is 12.1 Å². The Morgan fingerprint density at radius 3 is 2.68 bits per heavy atom. The molecule has 1 saturated heterocycles. The molecule has 2 aliphatic heterocycles. The molecular formula is C16H17N3O3. The molecule has 0 radical (unpaired) electrons. The molecule has 1 aromatic carbocycles. The van der Waals surface area contributed by atoms with Gasteiger partial charge in [-0.2, -0.15) is 0 Å². The molecular weight excluding hydrogens is 282 g/mol. The molecule has 4 rings (SSSR count). The molecule has 6 nitrogen and oxygen atoms in total. The first kappa shape index (κ1) is 13.5. The molecule has 2 heterocycles. The van der Waals surface area contributed by atoms with E-state index in [4.69, 9.17) is 5.73 Å². The molecule has 114 valence electrons. The zero-order valence-electron chi connectivity index (χ0n) is 12.1. The fraction of sp³-hybridized carbons (Fsp3) is 0.438. The van der Waals surface area contributed by atoms with Gasteiger partial charge in [-0.05, 0) is 42.0 Å². The molecule has 1 fully saturated rings. The van der Waals surface area contributed by atoms with Crippen molar-refractivity contribution < 1.29 is 14.4 Å². The molecule has 1 aromatic rings. The second-order valence-electron chi connectivity index (χ2n) is 6.25. The Bertz CT molecular complexity index is 713. The van der Waals surface area contributed by atoms with E-state index in [0.717, 1.165) is 29.5 Å². The summed E-state index contributed by atoms with van der Waals surface area (Å²) in [7, 11) is 0. The number of hydrogen-bond donors (Lipinski definition) is 2. The van der Waals surface area contributed by atoms with E-state index in [-0.39, 0.29) is 30.2 Å². The maximum atomic E-state index is 12.6. The van der Waals surface area contributed by atoms with Gasteiger partial charge >= 0.3 is 0 Å². The van der Waals surface area contributed by atoms with Gasteiger partial charge in [0.05, 0.1) is 0 Å². The third-order valence-electron chi connectivity index (χ3n) is 4.91. The third kappa shape index (κ3) is 1.87. The molecule has 0 bridgehead atoms. The van der Waals surface area contributed by atoms with Gasteiger partial charge < -0.3 is 10.6 Å². The summed E-state index contributed by atoms with van der Waals surface area (Å²) in [4.78, 5) is 37.5. The first-order valence-electron chi connectivity index (χ1n) is 7.60. The molecule has 0 saturated carbocycles. The number of benzene rings is 1. The number of piperidine rings is 1. The van der Waals surface area contributed by atoms with E-state index >= 15 is 0 Å². The van der Waals surface area contributed by atoms with Crippen LogP contribution in [0.25, 0.3) is 0 Å². The predicted molar refractivity (Wildman–Crippen MR) is 77.7 cm³/mol. The van der Waals surface area contributed by atoms with Crippen LogP contribution in [0, 0.1) is 0 Å². The second-order valence-corrected chi connectivity index (χ2v) is 6.25. The predicted octanol–water partition coefficient (Wildman–Crippen LogP) is 0.394. The normalized spacial score (nSPS) is 27.0. The molecule has 2 atom stereocenters. The lowest BCUT2D eigenvalue weighted by molar-refractivity contribution is -0.136. The Hall–Kier alpha value is -2.21. The van der Waals surface area contributed by atoms with Gasteiger partial charge in [-0.1, -0.05) is 6.07 Å². The number of nitrogens with one attached hydrogen (secondary N) is 1. The van der Waals surface area contributed by atoms with Gasteiger partial charge in [0.15, 0.2) is 0 Å². The topological polar surface area (TPSA) is 92.5 Å². The average Bonchev–Trinajstić information content (AvgIpc) is 2.99. The lowest BCUT2D eigenvalue weighted by Crippen LogP contribution is -2.52. The molecule has 3 N–H and O–H groups in total. The minimum Gasteiger partial charge on any atom is -0.324 e. The Kier molecular flexibility index (Phi) is 2.84. The van der Waals surface area contributed by atoms with Crippen LogP contribution in [0.2, 0.25) is 0 Å². The number of aryl methyl sites for hydroxylation is 1. The van der Waals surface area contributed by atoms with E-state index in [1.807, 2.05) is 12.1 Å². The highest BCUT2D eigenvalue weighted by Gasteiger charge is 2.39. The van der Waals surface area contributed by atoms with Gasteiger partial charge in [0.2, 0.25) is 11.8 Å². The summed E-state index contributed by atoms with van der Waals surface area (Å²) in [6.07, 6.45) is 2.49. The zero-order valence-corrected chi connectivity index (χ0v) is 12.1. The van der Waals surface area contributed by atoms with Crippen LogP contribution in [0.4, 0.5) is 0 Å². The van der Waals surface area contributed by atoms with Gasteiger partial charge in [-0.3, -0.25) is 19.7 Å². The second kappa shape index (κ2) is 4.64. The van der Waals surface area contributed by atoms with E-state index in [2.05, 4.69) is 5.32 Å². The van der Waals surface area contributed by atoms with E-state index in [0.29, 0.717) is 18.5 Å². The summed E-state index contributed by atoms with van der Waals surface area (Å²) in [6.45, 7) is 0.417. The standard InChI is InChI=1S/C16H17N3O3/c17-12-2-1-8-5-11-9(6-10(8)12)7-19(16(11)22)13-3-4-14(20)18-15(13)21/h5-6,12-13H,1-4,7,17H2,(H,18,20,21). The largest absolute Gasteiger partial charge is 0.324 e. The van der Waals surface area contributed by atoms with E-state index in [1.165, 1.54) is 0 Å². The number of nitrogens with zero attached hydrogens (tertiary/aromatic N) is 1. The molecule has 0 aromatic heterocycles. The summed E-state index contributed by atoms with van der Waals surface area (Å²) in [5.74, 6) is -0.759. The molecule has 1 aliphatic carbocycles. The van der Waals surface area contributed by atoms with Crippen LogP contribution in [0.5, 0.6) is 0 Å². The molecule has 0 spiro atoms. The van der Waals surface area contributed by atoms with Crippen molar-refractivity contribution in [1.82, 2.24) is 10.2 Å². The van der Waals surface area contributed by atoms with Crippen LogP contribution in [0.1, 0.15) is 52.4 Å². The maximum absolute atomic E-state index is 12.6. The van der Waals surface area contributed by atoms with Crippen molar-refractivity contribution in [2.24, 2.45) is 5.73 Å². The van der Waals surface area contributed by atoms with Crippen molar-refractivity contribution >= 4 is 17.7 Å². The van der Waals surface area contributed by atoms with Gasteiger partial charge in [0.1, 0.15) is 6.04 Å². The van der Waals surface area contributed by atoms with E-state index in [9.17, 15) is 14.4 Å². The van der Waals surface area contributed by atoms with Crippen molar-refractivity contribution in [3.05, 3.63) is 34.4 Å². The summed E-state index contributed by atoms with van der Waals surface area (Å²) >= 11 is 0. The Balaban J connectivity index is 1.65. The van der Waals surface area contributed by atoms with Crippen molar-refractivity contribution in [2.45, 2.75) is 44.3 Å². The summed E-state index contributed by atoms with van der Waals surface area (Å²) in [5.41, 5.74) is 9.97. The van der Waals surface area contributed by atoms with Gasteiger partial charge in [0.25, 0.3) is 5.91 Å². The fourth-order valence-electron chi connectivity index (χ4n) is 3.71. The average molecular weight is 299 g/mol. The van der Waals surface area contributed by atoms with Crippen LogP contribution in [0.3, 0.4) is 0 Å². The number of fused-ring (bicyclic) bond motifs is 2. The highest BCUT2D eigenvalue weighted by atomic mass is 16.2. The van der Waals surface area contributed by atoms with Gasteiger partial charge in [-0.25, -0.2) is 0 Å².